The molecular weight excluding hydrogens is 232 g/mol. The number of aliphatic carboxylic acids is 1. The zero-order chi connectivity index (χ0) is 11.4. The Morgan fingerprint density at radius 3 is 3.19 bits per heavy atom. The maximum atomic E-state index is 10.5. The van der Waals surface area contributed by atoms with Gasteiger partial charge in [0.05, 0.1) is 12.0 Å². The van der Waals surface area contributed by atoms with Crippen molar-refractivity contribution in [2.45, 2.75) is 17.5 Å². The van der Waals surface area contributed by atoms with Crippen LogP contribution in [0.3, 0.4) is 0 Å². The molecule has 0 amide bonds. The second-order valence-corrected chi connectivity index (χ2v) is 3.82. The van der Waals surface area contributed by atoms with E-state index in [9.17, 15) is 4.79 Å². The smallest absolute Gasteiger partial charge is 0.325 e. The molecule has 2 aromatic rings. The van der Waals surface area contributed by atoms with Crippen LogP contribution in [0.1, 0.15) is 5.76 Å². The molecule has 0 aliphatic carbocycles. The molecule has 16 heavy (non-hydrogen) atoms. The molecule has 0 bridgehead atoms. The fourth-order valence-corrected chi connectivity index (χ4v) is 1.84. The van der Waals surface area contributed by atoms with E-state index in [-0.39, 0.29) is 6.54 Å². The summed E-state index contributed by atoms with van der Waals surface area (Å²) in [5.74, 6) is 0.370. The molecule has 1 N–H and O–H groups in total. The number of carboxylic acids is 1. The highest BCUT2D eigenvalue weighted by molar-refractivity contribution is 7.98. The second-order valence-electron chi connectivity index (χ2n) is 2.88. The van der Waals surface area contributed by atoms with E-state index in [0.717, 1.165) is 5.76 Å². The van der Waals surface area contributed by atoms with Gasteiger partial charge in [0.1, 0.15) is 12.3 Å². The Labute approximate surface area is 94.4 Å². The van der Waals surface area contributed by atoms with Crippen molar-refractivity contribution in [3.05, 3.63) is 24.2 Å². The lowest BCUT2D eigenvalue weighted by atomic mass is 10.5. The number of furan rings is 1. The number of tetrazole rings is 1. The zero-order valence-electron chi connectivity index (χ0n) is 8.11. The van der Waals surface area contributed by atoms with Gasteiger partial charge in [0, 0.05) is 0 Å². The molecular formula is C8H8N4O3S. The standard InChI is InChI=1S/C8H8N4O3S/c13-7(14)4-12-8(9-10-11-12)16-5-6-2-1-3-15-6/h1-3H,4-5H2,(H,13,14). The molecule has 2 rings (SSSR count). The molecule has 0 saturated heterocycles. The first kappa shape index (κ1) is 10.7. The van der Waals surface area contributed by atoms with E-state index in [4.69, 9.17) is 9.52 Å². The maximum Gasteiger partial charge on any atom is 0.325 e. The monoisotopic (exact) mass is 240 g/mol. The molecule has 2 aromatic heterocycles. The fourth-order valence-electron chi connectivity index (χ4n) is 1.06. The highest BCUT2D eigenvalue weighted by Gasteiger charge is 2.10. The zero-order valence-corrected chi connectivity index (χ0v) is 8.92. The van der Waals surface area contributed by atoms with Gasteiger partial charge in [0.25, 0.3) is 0 Å². The van der Waals surface area contributed by atoms with Crippen LogP contribution in [0.25, 0.3) is 0 Å². The molecule has 0 aliphatic heterocycles. The highest BCUT2D eigenvalue weighted by atomic mass is 32.2. The predicted octanol–water partition coefficient (Wildman–Crippen LogP) is 0.643. The van der Waals surface area contributed by atoms with Gasteiger partial charge < -0.3 is 9.52 Å². The quantitative estimate of drug-likeness (QED) is 0.766. The first-order valence-electron chi connectivity index (χ1n) is 4.39. The minimum Gasteiger partial charge on any atom is -0.480 e. The Balaban J connectivity index is 1.99. The van der Waals surface area contributed by atoms with E-state index >= 15 is 0 Å². The van der Waals surface area contributed by atoms with E-state index in [0.29, 0.717) is 10.9 Å². The van der Waals surface area contributed by atoms with Crippen LogP contribution < -0.4 is 0 Å². The Morgan fingerprint density at radius 1 is 1.62 bits per heavy atom. The van der Waals surface area contributed by atoms with Gasteiger partial charge in [0.2, 0.25) is 5.16 Å². The number of aromatic nitrogens is 4. The topological polar surface area (TPSA) is 94.0 Å². The van der Waals surface area contributed by atoms with Crippen LogP contribution in [0.2, 0.25) is 0 Å². The Hall–Kier alpha value is -1.83. The molecule has 0 aliphatic rings. The number of hydrogen-bond acceptors (Lipinski definition) is 6. The van der Waals surface area contributed by atoms with Crippen LogP contribution in [0.15, 0.2) is 28.0 Å². The summed E-state index contributed by atoms with van der Waals surface area (Å²) >= 11 is 1.32. The minimum absolute atomic E-state index is 0.243. The summed E-state index contributed by atoms with van der Waals surface area (Å²) in [5, 5.41) is 19.8. The summed E-state index contributed by atoms with van der Waals surface area (Å²) in [6.45, 7) is -0.243. The molecule has 0 saturated carbocycles. The van der Waals surface area contributed by atoms with Crippen LogP contribution >= 0.6 is 11.8 Å². The molecule has 8 heteroatoms. The molecule has 0 unspecified atom stereocenters. The second kappa shape index (κ2) is 4.79. The fraction of sp³-hybridized carbons (Fsp3) is 0.250. The van der Waals surface area contributed by atoms with Crippen molar-refractivity contribution in [1.29, 1.82) is 0 Å². The first-order chi connectivity index (χ1) is 7.75. The normalized spacial score (nSPS) is 10.5. The average molecular weight is 240 g/mol. The number of nitrogens with zero attached hydrogens (tertiary/aromatic N) is 4. The van der Waals surface area contributed by atoms with E-state index in [2.05, 4.69) is 15.5 Å². The van der Waals surface area contributed by atoms with E-state index in [1.54, 1.807) is 12.3 Å². The molecule has 0 aromatic carbocycles. The third kappa shape index (κ3) is 2.60. The lowest BCUT2D eigenvalue weighted by molar-refractivity contribution is -0.138. The molecule has 0 fully saturated rings. The Morgan fingerprint density at radius 2 is 2.50 bits per heavy atom. The average Bonchev–Trinajstić information content (AvgIpc) is 2.84. The van der Waals surface area contributed by atoms with Gasteiger partial charge >= 0.3 is 5.97 Å². The van der Waals surface area contributed by atoms with Crippen molar-refractivity contribution in [2.75, 3.05) is 0 Å². The van der Waals surface area contributed by atoms with Gasteiger partial charge in [-0.05, 0) is 22.6 Å². The Kier molecular flexibility index (Phi) is 3.20. The van der Waals surface area contributed by atoms with Crippen molar-refractivity contribution in [3.8, 4) is 0 Å². The van der Waals surface area contributed by atoms with E-state index in [1.165, 1.54) is 16.4 Å². The van der Waals surface area contributed by atoms with Gasteiger partial charge in [-0.25, -0.2) is 4.68 Å². The van der Waals surface area contributed by atoms with Crippen molar-refractivity contribution in [3.63, 3.8) is 0 Å². The van der Waals surface area contributed by atoms with Crippen molar-refractivity contribution >= 4 is 17.7 Å². The lowest BCUT2D eigenvalue weighted by Gasteiger charge is -1.99. The first-order valence-corrected chi connectivity index (χ1v) is 5.37. The number of hydrogen-bond donors (Lipinski definition) is 1. The summed E-state index contributed by atoms with van der Waals surface area (Å²) in [4.78, 5) is 10.5. The largest absolute Gasteiger partial charge is 0.480 e. The summed E-state index contributed by atoms with van der Waals surface area (Å²) in [5.41, 5.74) is 0. The van der Waals surface area contributed by atoms with E-state index in [1.807, 2.05) is 6.07 Å². The molecule has 2 heterocycles. The molecule has 84 valence electrons. The van der Waals surface area contributed by atoms with Gasteiger partial charge in [-0.2, -0.15) is 0 Å². The summed E-state index contributed by atoms with van der Waals surface area (Å²) in [6.07, 6.45) is 1.58. The van der Waals surface area contributed by atoms with Crippen molar-refractivity contribution < 1.29 is 14.3 Å². The molecule has 0 spiro atoms. The number of carboxylic acid groups (broad SMARTS) is 1. The Bertz CT molecular complexity index is 467. The lowest BCUT2D eigenvalue weighted by Crippen LogP contribution is -2.11. The van der Waals surface area contributed by atoms with Crippen LogP contribution in [-0.4, -0.2) is 31.3 Å². The third-order valence-electron chi connectivity index (χ3n) is 1.71. The van der Waals surface area contributed by atoms with Crippen molar-refractivity contribution in [1.82, 2.24) is 20.2 Å². The van der Waals surface area contributed by atoms with Gasteiger partial charge in [0.15, 0.2) is 0 Å². The van der Waals surface area contributed by atoms with Crippen LogP contribution in [0.4, 0.5) is 0 Å². The summed E-state index contributed by atoms with van der Waals surface area (Å²) in [6, 6.07) is 3.62. The highest BCUT2D eigenvalue weighted by Crippen LogP contribution is 2.19. The maximum absolute atomic E-state index is 10.5. The van der Waals surface area contributed by atoms with Crippen molar-refractivity contribution in [2.24, 2.45) is 0 Å². The SMILES string of the molecule is O=C(O)Cn1nnnc1SCc1ccco1. The van der Waals surface area contributed by atoms with Crippen LogP contribution in [-0.2, 0) is 17.1 Å². The minimum atomic E-state index is -0.979. The third-order valence-corrected chi connectivity index (χ3v) is 2.69. The van der Waals surface area contributed by atoms with Gasteiger partial charge in [-0.15, -0.1) is 5.10 Å². The number of carbonyl (C=O) groups is 1. The number of rotatable bonds is 5. The molecule has 0 radical (unpaired) electrons. The summed E-state index contributed by atoms with van der Waals surface area (Å²) < 4.78 is 6.37. The van der Waals surface area contributed by atoms with Gasteiger partial charge in [-0.3, -0.25) is 4.79 Å². The summed E-state index contributed by atoms with van der Waals surface area (Å²) in [7, 11) is 0. The van der Waals surface area contributed by atoms with E-state index < -0.39 is 5.97 Å². The van der Waals surface area contributed by atoms with Gasteiger partial charge in [-0.1, -0.05) is 11.8 Å². The predicted molar refractivity (Wildman–Crippen MR) is 53.7 cm³/mol. The van der Waals surface area contributed by atoms with Crippen LogP contribution in [0, 0.1) is 0 Å². The number of thioether (sulfide) groups is 1. The molecule has 0 atom stereocenters. The molecule has 7 nitrogen and oxygen atoms in total. The van der Waals surface area contributed by atoms with Crippen LogP contribution in [0.5, 0.6) is 0 Å².